The van der Waals surface area contributed by atoms with Gasteiger partial charge >= 0.3 is 0 Å². The van der Waals surface area contributed by atoms with Gasteiger partial charge in [-0.25, -0.2) is 9.37 Å². The summed E-state index contributed by atoms with van der Waals surface area (Å²) in [6.45, 7) is 11.0. The van der Waals surface area contributed by atoms with Crippen LogP contribution in [0.3, 0.4) is 0 Å². The summed E-state index contributed by atoms with van der Waals surface area (Å²) in [6, 6.07) is -0.0895. The Morgan fingerprint density at radius 2 is 2.00 bits per heavy atom. The van der Waals surface area contributed by atoms with E-state index in [1.807, 2.05) is 0 Å². The highest BCUT2D eigenvalue weighted by Crippen LogP contribution is 2.40. The van der Waals surface area contributed by atoms with Crippen molar-refractivity contribution >= 4 is 25.7 Å². The summed E-state index contributed by atoms with van der Waals surface area (Å²) in [4.78, 5) is 7.65. The Labute approximate surface area is 155 Å². The molecule has 1 aromatic rings. The van der Waals surface area contributed by atoms with Crippen molar-refractivity contribution < 1.29 is 13.6 Å². The molecule has 1 aliphatic rings. The van der Waals surface area contributed by atoms with E-state index < -0.39 is 14.1 Å². The second kappa shape index (κ2) is 7.86. The first-order chi connectivity index (χ1) is 11.5. The summed E-state index contributed by atoms with van der Waals surface area (Å²) < 4.78 is 26.4. The number of ether oxygens (including phenoxy) is 1. The molecule has 0 amide bonds. The smallest absolute Gasteiger partial charge is 0.224 e. The van der Waals surface area contributed by atoms with Gasteiger partial charge in [0.1, 0.15) is 0 Å². The fraction of sp³-hybridized carbons (Fsp3) is 0.765. The quantitative estimate of drug-likeness (QED) is 0.587. The molecule has 0 bridgehead atoms. The minimum absolute atomic E-state index is 0.0184. The van der Waals surface area contributed by atoms with Gasteiger partial charge in [0, 0.05) is 7.11 Å². The Morgan fingerprint density at radius 3 is 2.60 bits per heavy atom. The molecule has 0 aliphatic heterocycles. The normalized spacial score (nSPS) is 25.0. The molecule has 0 radical (unpaired) electrons. The average molecular weight is 390 g/mol. The third-order valence-corrected chi connectivity index (χ3v) is 10.00. The van der Waals surface area contributed by atoms with E-state index in [1.165, 1.54) is 0 Å². The number of rotatable bonds is 5. The minimum atomic E-state index is -2.01. The predicted molar refractivity (Wildman–Crippen MR) is 101 cm³/mol. The molecular weight excluding hydrogens is 361 g/mol. The Bertz CT molecular complexity index is 598. The van der Waals surface area contributed by atoms with E-state index >= 15 is 0 Å². The summed E-state index contributed by atoms with van der Waals surface area (Å²) in [6.07, 6.45) is 3.67. The Balaban J connectivity index is 2.25. The van der Waals surface area contributed by atoms with Crippen molar-refractivity contribution in [2.45, 2.75) is 76.4 Å². The van der Waals surface area contributed by atoms with Crippen molar-refractivity contribution in [3.05, 3.63) is 17.3 Å². The van der Waals surface area contributed by atoms with Crippen LogP contribution in [0.2, 0.25) is 23.4 Å². The van der Waals surface area contributed by atoms with E-state index in [0.717, 1.165) is 25.5 Å². The van der Waals surface area contributed by atoms with Crippen molar-refractivity contribution in [2.75, 3.05) is 12.4 Å². The lowest BCUT2D eigenvalue weighted by Gasteiger charge is -2.45. The molecule has 0 spiro atoms. The lowest BCUT2D eigenvalue weighted by atomic mass is 9.90. The van der Waals surface area contributed by atoms with E-state index in [4.69, 9.17) is 20.8 Å². The van der Waals surface area contributed by atoms with Crippen LogP contribution in [0.25, 0.3) is 0 Å². The maximum absolute atomic E-state index is 14.0. The number of nitrogens with zero attached hydrogens (tertiary/aromatic N) is 2. The lowest BCUT2D eigenvalue weighted by Crippen LogP contribution is -2.55. The van der Waals surface area contributed by atoms with Gasteiger partial charge < -0.3 is 14.5 Å². The van der Waals surface area contributed by atoms with E-state index in [9.17, 15) is 4.39 Å². The summed E-state index contributed by atoms with van der Waals surface area (Å²) in [5, 5.41) is 3.28. The van der Waals surface area contributed by atoms with Crippen LogP contribution >= 0.6 is 11.6 Å². The van der Waals surface area contributed by atoms with Crippen LogP contribution in [-0.2, 0) is 9.16 Å². The maximum atomic E-state index is 14.0. The average Bonchev–Trinajstić information content (AvgIpc) is 2.51. The van der Waals surface area contributed by atoms with Crippen LogP contribution < -0.4 is 5.32 Å². The zero-order valence-electron chi connectivity index (χ0n) is 15.9. The van der Waals surface area contributed by atoms with E-state index in [1.54, 1.807) is 7.11 Å². The maximum Gasteiger partial charge on any atom is 0.224 e. The molecule has 2 unspecified atom stereocenters. The molecule has 1 aliphatic carbocycles. The molecule has 1 saturated carbocycles. The molecule has 8 heteroatoms. The summed E-state index contributed by atoms with van der Waals surface area (Å²) in [5.41, 5.74) is 0. The van der Waals surface area contributed by atoms with Crippen LogP contribution in [0, 0.1) is 5.82 Å². The topological polar surface area (TPSA) is 56.3 Å². The second-order valence-electron chi connectivity index (χ2n) is 8.13. The van der Waals surface area contributed by atoms with Crippen LogP contribution in [0.5, 0.6) is 0 Å². The fourth-order valence-corrected chi connectivity index (χ4v) is 4.31. The highest BCUT2D eigenvalue weighted by molar-refractivity contribution is 6.74. The second-order valence-corrected chi connectivity index (χ2v) is 13.2. The number of hydrogen-bond acceptors (Lipinski definition) is 5. The van der Waals surface area contributed by atoms with Crippen LogP contribution in [0.15, 0.2) is 6.20 Å². The van der Waals surface area contributed by atoms with Crippen molar-refractivity contribution in [3.8, 4) is 0 Å². The van der Waals surface area contributed by atoms with E-state index in [-0.39, 0.29) is 34.4 Å². The monoisotopic (exact) mass is 389 g/mol. The molecule has 1 aromatic heterocycles. The van der Waals surface area contributed by atoms with E-state index in [0.29, 0.717) is 0 Å². The van der Waals surface area contributed by atoms with Crippen molar-refractivity contribution in [2.24, 2.45) is 0 Å². The van der Waals surface area contributed by atoms with Crippen LogP contribution in [0.4, 0.5) is 10.2 Å². The van der Waals surface area contributed by atoms with Crippen LogP contribution in [0.1, 0.15) is 40.0 Å². The zero-order valence-corrected chi connectivity index (χ0v) is 17.7. The summed E-state index contributed by atoms with van der Waals surface area (Å²) >= 11 is 5.82. The first kappa shape index (κ1) is 20.5. The predicted octanol–water partition coefficient (Wildman–Crippen LogP) is 4.64. The van der Waals surface area contributed by atoms with Gasteiger partial charge in [-0.1, -0.05) is 20.8 Å². The SMILES string of the molecule is CO[C@@H]1CCCC(Nc2nc(Cl)ncc2F)C1O[Si](C)(C)C(C)(C)C. The van der Waals surface area contributed by atoms with E-state index in [2.05, 4.69) is 49.1 Å². The van der Waals surface area contributed by atoms with Crippen LogP contribution in [-0.4, -0.2) is 43.6 Å². The number of nitrogens with one attached hydrogen (secondary N) is 1. The van der Waals surface area contributed by atoms with Gasteiger partial charge in [0.15, 0.2) is 20.0 Å². The Morgan fingerprint density at radius 1 is 1.32 bits per heavy atom. The van der Waals surface area contributed by atoms with Crippen molar-refractivity contribution in [3.63, 3.8) is 0 Å². The Kier molecular flexibility index (Phi) is 6.46. The molecule has 1 heterocycles. The van der Waals surface area contributed by atoms with Gasteiger partial charge in [-0.3, -0.25) is 0 Å². The molecule has 142 valence electrons. The molecule has 5 nitrogen and oxygen atoms in total. The number of aromatic nitrogens is 2. The molecule has 1 N–H and O–H groups in total. The van der Waals surface area contributed by atoms with Crippen molar-refractivity contribution in [1.29, 1.82) is 0 Å². The summed E-state index contributed by atoms with van der Waals surface area (Å²) in [5.74, 6) is -0.402. The standard InChI is InChI=1S/C17H29ClFN3O2Si/c1-17(2,3)25(5,6)24-14-12(8-7-9-13(14)23-4)21-15-11(19)10-20-16(18)22-15/h10,12-14H,7-9H2,1-6H3,(H,20,21,22)/t12?,13-,14?/m1/s1. The largest absolute Gasteiger partial charge is 0.409 e. The molecule has 3 atom stereocenters. The first-order valence-corrected chi connectivity index (χ1v) is 12.0. The van der Waals surface area contributed by atoms with Gasteiger partial charge in [-0.2, -0.15) is 4.98 Å². The molecule has 0 aromatic carbocycles. The van der Waals surface area contributed by atoms with Gasteiger partial charge in [0.25, 0.3) is 0 Å². The number of halogens is 2. The number of hydrogen-bond donors (Lipinski definition) is 1. The number of anilines is 1. The first-order valence-electron chi connectivity index (χ1n) is 8.70. The lowest BCUT2D eigenvalue weighted by molar-refractivity contribution is -0.0352. The molecule has 2 rings (SSSR count). The molecule has 1 fully saturated rings. The van der Waals surface area contributed by atoms with Gasteiger partial charge in [0.05, 0.1) is 24.4 Å². The fourth-order valence-electron chi connectivity index (χ4n) is 2.83. The van der Waals surface area contributed by atoms with Crippen molar-refractivity contribution in [1.82, 2.24) is 9.97 Å². The third-order valence-electron chi connectivity index (χ3n) is 5.34. The third kappa shape index (κ3) is 4.90. The molecule has 25 heavy (non-hydrogen) atoms. The molecular formula is C17H29ClFN3O2Si. The molecule has 0 saturated heterocycles. The summed E-state index contributed by atoms with van der Waals surface area (Å²) in [7, 11) is -0.301. The number of methoxy groups -OCH3 is 1. The Hall–Kier alpha value is -0.763. The minimum Gasteiger partial charge on any atom is -0.409 e. The highest BCUT2D eigenvalue weighted by atomic mass is 35.5. The van der Waals surface area contributed by atoms with Gasteiger partial charge in [-0.05, 0) is 49.0 Å². The zero-order chi connectivity index (χ0) is 18.8. The van der Waals surface area contributed by atoms with Gasteiger partial charge in [-0.15, -0.1) is 0 Å². The van der Waals surface area contributed by atoms with Gasteiger partial charge in [0.2, 0.25) is 5.28 Å². The highest BCUT2D eigenvalue weighted by Gasteiger charge is 2.44.